The number of imidazole rings is 1. The Hall–Kier alpha value is -4.59. The first-order valence-electron chi connectivity index (χ1n) is 13.9. The number of amides is 2. The van der Waals surface area contributed by atoms with Gasteiger partial charge in [-0.1, -0.05) is 0 Å². The lowest BCUT2D eigenvalue weighted by Crippen LogP contribution is -2.51. The summed E-state index contributed by atoms with van der Waals surface area (Å²) in [6, 6.07) is 5.01. The van der Waals surface area contributed by atoms with Crippen LogP contribution >= 0.6 is 0 Å². The van der Waals surface area contributed by atoms with Gasteiger partial charge in [0.2, 0.25) is 5.91 Å². The average Bonchev–Trinajstić information content (AvgIpc) is 3.37. The fraction of sp³-hybridized carbons (Fsp3) is 0.367. The number of hydrogen-bond donors (Lipinski definition) is 3. The zero-order valence-electron chi connectivity index (χ0n) is 24.2. The number of alkyl halides is 3. The molecule has 0 bridgehead atoms. The van der Waals surface area contributed by atoms with Gasteiger partial charge in [-0.3, -0.25) is 14.0 Å². The van der Waals surface area contributed by atoms with E-state index in [2.05, 4.69) is 15.3 Å². The minimum atomic E-state index is -4.63. The number of hydrogen-bond acceptors (Lipinski definition) is 7. The highest BCUT2D eigenvalue weighted by atomic mass is 19.4. The quantitative estimate of drug-likeness (QED) is 0.263. The van der Waals surface area contributed by atoms with Crippen molar-refractivity contribution in [3.05, 3.63) is 71.7 Å². The van der Waals surface area contributed by atoms with Crippen LogP contribution in [-0.2, 0) is 11.0 Å². The largest absolute Gasteiger partial charge is 0.416 e. The van der Waals surface area contributed by atoms with Gasteiger partial charge in [-0.05, 0) is 63.9 Å². The molecule has 5 rings (SSSR count). The summed E-state index contributed by atoms with van der Waals surface area (Å²) in [6.07, 6.45) is 0.807. The SMILES string of the molecule is C[C@H]1CC[C@@H](c2nc(-c3ccc(C(=O)Nc4cc(C(F)(F)F)ccn4)cc3F)c3c(N)nccn23)CN1C(=O)C(C)(C)CO. The van der Waals surface area contributed by atoms with E-state index >= 15 is 4.39 Å². The number of nitrogen functional groups attached to an aromatic ring is 1. The molecule has 4 N–H and O–H groups in total. The molecule has 2 atom stereocenters. The summed E-state index contributed by atoms with van der Waals surface area (Å²) < 4.78 is 56.5. The standard InChI is InChI=1S/C30H31F4N7O3/c1-16-4-5-18(14-41(16)28(44)29(2,3)15-42)26-39-23(24-25(35)37-10-11-40(24)26)20-7-6-17(12-21(20)31)27(43)38-22-13-19(8-9-36-22)30(32,33)34/h6-13,16,18,42H,4-5,14-15H2,1-3H3,(H2,35,37)(H,36,38,43)/t16-,18+/m0/s1. The number of nitrogens with one attached hydrogen (secondary N) is 1. The van der Waals surface area contributed by atoms with Crippen molar-refractivity contribution in [3.8, 4) is 11.3 Å². The van der Waals surface area contributed by atoms with Crippen LogP contribution in [0.2, 0.25) is 0 Å². The summed E-state index contributed by atoms with van der Waals surface area (Å²) in [5.41, 5.74) is 4.68. The minimum Gasteiger partial charge on any atom is -0.395 e. The van der Waals surface area contributed by atoms with Crippen molar-refractivity contribution in [2.24, 2.45) is 5.41 Å². The van der Waals surface area contributed by atoms with Crippen molar-refractivity contribution in [1.82, 2.24) is 24.3 Å². The van der Waals surface area contributed by atoms with Gasteiger partial charge in [-0.2, -0.15) is 13.2 Å². The molecule has 14 heteroatoms. The topological polar surface area (TPSA) is 139 Å². The Morgan fingerprint density at radius 3 is 2.55 bits per heavy atom. The van der Waals surface area contributed by atoms with E-state index in [1.165, 1.54) is 18.3 Å². The number of carbonyl (C=O) groups is 2. The predicted octanol–water partition coefficient (Wildman–Crippen LogP) is 4.90. The number of aromatic nitrogens is 4. The average molecular weight is 614 g/mol. The minimum absolute atomic E-state index is 0.0284. The molecule has 10 nitrogen and oxygen atoms in total. The van der Waals surface area contributed by atoms with Crippen LogP contribution in [-0.4, -0.2) is 60.4 Å². The number of nitrogens with two attached hydrogens (primary N) is 1. The van der Waals surface area contributed by atoms with Crippen LogP contribution in [0.5, 0.6) is 0 Å². The Labute approximate surface area is 249 Å². The van der Waals surface area contributed by atoms with Crippen molar-refractivity contribution in [1.29, 1.82) is 0 Å². The molecular weight excluding hydrogens is 582 g/mol. The van der Waals surface area contributed by atoms with Gasteiger partial charge in [-0.15, -0.1) is 0 Å². The zero-order chi connectivity index (χ0) is 32.0. The Morgan fingerprint density at radius 1 is 1.11 bits per heavy atom. The number of piperidine rings is 1. The van der Waals surface area contributed by atoms with Gasteiger partial charge < -0.3 is 21.1 Å². The number of aliphatic hydroxyl groups is 1. The Kier molecular flexibility index (Phi) is 8.05. The maximum absolute atomic E-state index is 15.6. The number of nitrogens with zero attached hydrogens (tertiary/aromatic N) is 5. The molecule has 4 aromatic rings. The van der Waals surface area contributed by atoms with Crippen molar-refractivity contribution >= 4 is 29.0 Å². The second kappa shape index (κ2) is 11.5. The van der Waals surface area contributed by atoms with Crippen LogP contribution in [0.4, 0.5) is 29.2 Å². The third-order valence-corrected chi connectivity index (χ3v) is 7.91. The lowest BCUT2D eigenvalue weighted by Gasteiger charge is -2.41. The molecule has 0 saturated carbocycles. The van der Waals surface area contributed by atoms with E-state index in [0.29, 0.717) is 36.8 Å². The number of fused-ring (bicyclic) bond motifs is 1. The summed E-state index contributed by atoms with van der Waals surface area (Å²) in [4.78, 5) is 40.4. The van der Waals surface area contributed by atoms with E-state index in [9.17, 15) is 27.9 Å². The molecule has 3 aromatic heterocycles. The van der Waals surface area contributed by atoms with E-state index in [4.69, 9.17) is 10.7 Å². The molecule has 0 aliphatic carbocycles. The highest BCUT2D eigenvalue weighted by molar-refractivity contribution is 6.04. The third-order valence-electron chi connectivity index (χ3n) is 7.91. The number of pyridine rings is 1. The van der Waals surface area contributed by atoms with E-state index in [-0.39, 0.29) is 52.9 Å². The van der Waals surface area contributed by atoms with Crippen LogP contribution in [0.25, 0.3) is 16.8 Å². The van der Waals surface area contributed by atoms with Gasteiger partial charge in [0.25, 0.3) is 5.91 Å². The molecule has 1 aliphatic heterocycles. The maximum atomic E-state index is 15.6. The van der Waals surface area contributed by atoms with Crippen LogP contribution in [0, 0.1) is 11.2 Å². The normalized spacial score (nSPS) is 17.6. The Balaban J connectivity index is 1.47. The molecule has 0 unspecified atom stereocenters. The smallest absolute Gasteiger partial charge is 0.395 e. The van der Waals surface area contributed by atoms with E-state index in [1.54, 1.807) is 29.3 Å². The molecule has 1 aliphatic rings. The van der Waals surface area contributed by atoms with Gasteiger partial charge in [0.15, 0.2) is 0 Å². The summed E-state index contributed by atoms with van der Waals surface area (Å²) >= 11 is 0. The summed E-state index contributed by atoms with van der Waals surface area (Å²) in [6.45, 7) is 5.35. The van der Waals surface area contributed by atoms with Gasteiger partial charge >= 0.3 is 6.18 Å². The number of benzene rings is 1. The van der Waals surface area contributed by atoms with Crippen molar-refractivity contribution in [2.45, 2.75) is 51.7 Å². The Morgan fingerprint density at radius 2 is 1.86 bits per heavy atom. The van der Waals surface area contributed by atoms with Crippen LogP contribution in [0.15, 0.2) is 48.9 Å². The highest BCUT2D eigenvalue weighted by Crippen LogP contribution is 2.37. The Bertz CT molecular complexity index is 1740. The number of halogens is 4. The number of likely N-dealkylation sites (tertiary alicyclic amines) is 1. The van der Waals surface area contributed by atoms with Gasteiger partial charge in [0, 0.05) is 48.2 Å². The number of anilines is 2. The van der Waals surface area contributed by atoms with E-state index in [1.807, 2.05) is 6.92 Å². The maximum Gasteiger partial charge on any atom is 0.416 e. The fourth-order valence-electron chi connectivity index (χ4n) is 5.33. The molecule has 4 heterocycles. The third kappa shape index (κ3) is 5.81. The number of aliphatic hydroxyl groups excluding tert-OH is 1. The van der Waals surface area contributed by atoms with Crippen molar-refractivity contribution in [3.63, 3.8) is 0 Å². The highest BCUT2D eigenvalue weighted by Gasteiger charge is 2.39. The molecule has 1 aromatic carbocycles. The van der Waals surface area contributed by atoms with E-state index < -0.39 is 28.9 Å². The lowest BCUT2D eigenvalue weighted by molar-refractivity contribution is -0.146. The molecule has 1 saturated heterocycles. The molecule has 44 heavy (non-hydrogen) atoms. The van der Waals surface area contributed by atoms with Crippen LogP contribution in [0.1, 0.15) is 61.3 Å². The number of carbonyl (C=O) groups excluding carboxylic acids is 2. The molecule has 2 amide bonds. The first-order chi connectivity index (χ1) is 20.7. The first-order valence-corrected chi connectivity index (χ1v) is 13.9. The van der Waals surface area contributed by atoms with Crippen LogP contribution in [0.3, 0.4) is 0 Å². The van der Waals surface area contributed by atoms with Gasteiger partial charge in [-0.25, -0.2) is 19.3 Å². The van der Waals surface area contributed by atoms with Gasteiger partial charge in [0.1, 0.15) is 34.5 Å². The van der Waals surface area contributed by atoms with Crippen molar-refractivity contribution in [2.75, 3.05) is 24.2 Å². The summed E-state index contributed by atoms with van der Waals surface area (Å²) in [5.74, 6) is -1.78. The molecule has 232 valence electrons. The second-order valence-corrected chi connectivity index (χ2v) is 11.5. The van der Waals surface area contributed by atoms with Gasteiger partial charge in [0.05, 0.1) is 17.6 Å². The first kappa shape index (κ1) is 30.9. The lowest BCUT2D eigenvalue weighted by atomic mass is 9.87. The van der Waals surface area contributed by atoms with Crippen molar-refractivity contribution < 1.29 is 32.3 Å². The zero-order valence-corrected chi connectivity index (χ0v) is 24.2. The summed E-state index contributed by atoms with van der Waals surface area (Å²) in [5, 5.41) is 12.0. The molecular formula is C30H31F4N7O3. The molecule has 0 spiro atoms. The monoisotopic (exact) mass is 613 g/mol. The molecule has 0 radical (unpaired) electrons. The van der Waals surface area contributed by atoms with Crippen LogP contribution < -0.4 is 11.1 Å². The molecule has 1 fully saturated rings. The number of rotatable bonds is 6. The predicted molar refractivity (Wildman–Crippen MR) is 154 cm³/mol. The fourth-order valence-corrected chi connectivity index (χ4v) is 5.33. The summed E-state index contributed by atoms with van der Waals surface area (Å²) in [7, 11) is 0. The van der Waals surface area contributed by atoms with E-state index in [0.717, 1.165) is 18.3 Å². The second-order valence-electron chi connectivity index (χ2n) is 11.5.